The van der Waals surface area contributed by atoms with Crippen LogP contribution in [-0.2, 0) is 11.2 Å². The van der Waals surface area contributed by atoms with E-state index in [0.29, 0.717) is 6.04 Å². The first-order chi connectivity index (χ1) is 8.40. The van der Waals surface area contributed by atoms with Crippen molar-refractivity contribution in [2.45, 2.75) is 38.3 Å². The van der Waals surface area contributed by atoms with E-state index in [1.54, 1.807) is 0 Å². The Balaban J connectivity index is 1.87. The molecule has 2 unspecified atom stereocenters. The van der Waals surface area contributed by atoms with Gasteiger partial charge in [-0.25, -0.2) is 0 Å². The number of hydrogen-bond donors (Lipinski definition) is 1. The van der Waals surface area contributed by atoms with Crippen molar-refractivity contribution in [3.8, 4) is 0 Å². The van der Waals surface area contributed by atoms with Gasteiger partial charge in [0.2, 0.25) is 0 Å². The van der Waals surface area contributed by atoms with Crippen LogP contribution >= 0.6 is 0 Å². The lowest BCUT2D eigenvalue weighted by molar-refractivity contribution is 0.0102. The van der Waals surface area contributed by atoms with Gasteiger partial charge in [-0.05, 0) is 42.9 Å². The van der Waals surface area contributed by atoms with Crippen molar-refractivity contribution in [3.63, 3.8) is 0 Å². The van der Waals surface area contributed by atoms with Gasteiger partial charge in [0.05, 0.1) is 12.7 Å². The molecule has 1 fully saturated rings. The summed E-state index contributed by atoms with van der Waals surface area (Å²) in [6, 6.07) is 9.28. The summed E-state index contributed by atoms with van der Waals surface area (Å²) in [5.74, 6) is 0.825. The lowest BCUT2D eigenvalue weighted by atomic mass is 9.91. The average molecular weight is 231 g/mol. The highest BCUT2D eigenvalue weighted by Gasteiger charge is 2.38. The van der Waals surface area contributed by atoms with Crippen LogP contribution in [0, 0.1) is 5.92 Å². The number of likely N-dealkylation sites (N-methyl/N-ethyl adjacent to an activating group) is 1. The van der Waals surface area contributed by atoms with E-state index in [4.69, 9.17) is 4.74 Å². The van der Waals surface area contributed by atoms with E-state index < -0.39 is 0 Å². The van der Waals surface area contributed by atoms with Crippen LogP contribution < -0.4 is 5.32 Å². The lowest BCUT2D eigenvalue weighted by Gasteiger charge is -2.33. The fourth-order valence-electron chi connectivity index (χ4n) is 2.93. The molecule has 1 aromatic carbocycles. The molecule has 0 bridgehead atoms. The van der Waals surface area contributed by atoms with E-state index in [9.17, 15) is 0 Å². The summed E-state index contributed by atoms with van der Waals surface area (Å²) in [5.41, 5.74) is 2.89. The van der Waals surface area contributed by atoms with Crippen molar-refractivity contribution in [3.05, 3.63) is 35.4 Å². The Morgan fingerprint density at radius 2 is 2.18 bits per heavy atom. The minimum Gasteiger partial charge on any atom is -0.372 e. The molecule has 1 saturated carbocycles. The van der Waals surface area contributed by atoms with Crippen molar-refractivity contribution in [2.75, 3.05) is 13.2 Å². The van der Waals surface area contributed by atoms with Crippen LogP contribution in [0.4, 0.5) is 0 Å². The first-order valence-electron chi connectivity index (χ1n) is 6.83. The summed E-state index contributed by atoms with van der Waals surface area (Å²) < 4.78 is 6.06. The fourth-order valence-corrected chi connectivity index (χ4v) is 2.93. The molecule has 3 rings (SSSR count). The van der Waals surface area contributed by atoms with Gasteiger partial charge < -0.3 is 10.1 Å². The van der Waals surface area contributed by atoms with Crippen molar-refractivity contribution in [1.29, 1.82) is 0 Å². The predicted octanol–water partition coefficient (Wildman–Crippen LogP) is 2.69. The van der Waals surface area contributed by atoms with Gasteiger partial charge >= 0.3 is 0 Å². The summed E-state index contributed by atoms with van der Waals surface area (Å²) in [5, 5.41) is 3.63. The lowest BCUT2D eigenvalue weighted by Crippen LogP contribution is -2.40. The van der Waals surface area contributed by atoms with Gasteiger partial charge in [0.25, 0.3) is 0 Å². The molecule has 0 aromatic heterocycles. The molecule has 1 aliphatic carbocycles. The Labute approximate surface area is 103 Å². The standard InChI is InChI=1S/C15H21NO/c1-2-16-14(12-7-8-12)15-13-6-4-3-5-11(13)9-10-17-15/h3-6,12,14-16H,2,7-10H2,1H3. The van der Waals surface area contributed by atoms with Gasteiger partial charge in [0.1, 0.15) is 0 Å². The quantitative estimate of drug-likeness (QED) is 0.860. The zero-order valence-corrected chi connectivity index (χ0v) is 10.5. The summed E-state index contributed by atoms with van der Waals surface area (Å²) in [7, 11) is 0. The molecule has 2 nitrogen and oxygen atoms in total. The summed E-state index contributed by atoms with van der Waals surface area (Å²) >= 11 is 0. The Morgan fingerprint density at radius 1 is 1.35 bits per heavy atom. The Hall–Kier alpha value is -0.860. The molecular formula is C15H21NO. The number of nitrogens with one attached hydrogen (secondary N) is 1. The van der Waals surface area contributed by atoms with E-state index in [1.165, 1.54) is 24.0 Å². The van der Waals surface area contributed by atoms with Gasteiger partial charge in [-0.1, -0.05) is 31.2 Å². The molecule has 92 valence electrons. The van der Waals surface area contributed by atoms with E-state index in [2.05, 4.69) is 36.5 Å². The first-order valence-corrected chi connectivity index (χ1v) is 6.83. The van der Waals surface area contributed by atoms with Crippen LogP contribution in [0.3, 0.4) is 0 Å². The monoisotopic (exact) mass is 231 g/mol. The smallest absolute Gasteiger partial charge is 0.0983 e. The highest BCUT2D eigenvalue weighted by atomic mass is 16.5. The number of hydrogen-bond acceptors (Lipinski definition) is 2. The van der Waals surface area contributed by atoms with Crippen molar-refractivity contribution in [2.24, 2.45) is 5.92 Å². The van der Waals surface area contributed by atoms with E-state index in [1.807, 2.05) is 0 Å². The highest BCUT2D eigenvalue weighted by Crippen LogP contribution is 2.41. The van der Waals surface area contributed by atoms with Gasteiger partial charge in [0.15, 0.2) is 0 Å². The molecule has 17 heavy (non-hydrogen) atoms. The fraction of sp³-hybridized carbons (Fsp3) is 0.600. The van der Waals surface area contributed by atoms with E-state index >= 15 is 0 Å². The molecule has 0 radical (unpaired) electrons. The van der Waals surface area contributed by atoms with Crippen molar-refractivity contribution >= 4 is 0 Å². The Morgan fingerprint density at radius 3 is 2.94 bits per heavy atom. The molecule has 2 aliphatic rings. The molecule has 0 saturated heterocycles. The maximum atomic E-state index is 6.06. The van der Waals surface area contributed by atoms with Crippen molar-refractivity contribution < 1.29 is 4.74 Å². The average Bonchev–Trinajstić information content (AvgIpc) is 3.20. The van der Waals surface area contributed by atoms with Crippen LogP contribution in [0.1, 0.15) is 37.0 Å². The minimum atomic E-state index is 0.271. The summed E-state index contributed by atoms with van der Waals surface area (Å²) in [4.78, 5) is 0. The van der Waals surface area contributed by atoms with Crippen LogP contribution in [0.15, 0.2) is 24.3 Å². The number of ether oxygens (including phenoxy) is 1. The molecular weight excluding hydrogens is 210 g/mol. The maximum Gasteiger partial charge on any atom is 0.0983 e. The van der Waals surface area contributed by atoms with Crippen LogP contribution in [0.2, 0.25) is 0 Å². The SMILES string of the molecule is CCNC(C1CC1)C1OCCc2ccccc21. The summed E-state index contributed by atoms with van der Waals surface area (Å²) in [6.07, 6.45) is 4.06. The molecule has 1 aliphatic heterocycles. The van der Waals surface area contributed by atoms with Crippen LogP contribution in [0.5, 0.6) is 0 Å². The number of benzene rings is 1. The summed E-state index contributed by atoms with van der Waals surface area (Å²) in [6.45, 7) is 4.09. The molecule has 1 aromatic rings. The van der Waals surface area contributed by atoms with Crippen molar-refractivity contribution in [1.82, 2.24) is 5.32 Å². The largest absolute Gasteiger partial charge is 0.372 e. The topological polar surface area (TPSA) is 21.3 Å². The molecule has 1 heterocycles. The third kappa shape index (κ3) is 2.24. The predicted molar refractivity (Wildman–Crippen MR) is 69.0 cm³/mol. The first kappa shape index (κ1) is 11.2. The second-order valence-corrected chi connectivity index (χ2v) is 5.16. The number of fused-ring (bicyclic) bond motifs is 1. The van der Waals surface area contributed by atoms with Gasteiger partial charge in [-0.15, -0.1) is 0 Å². The Kier molecular flexibility index (Phi) is 3.17. The second-order valence-electron chi connectivity index (χ2n) is 5.16. The normalized spacial score (nSPS) is 25.4. The zero-order chi connectivity index (χ0) is 11.7. The second kappa shape index (κ2) is 4.79. The van der Waals surface area contributed by atoms with Gasteiger partial charge in [-0.3, -0.25) is 0 Å². The molecule has 2 heteroatoms. The van der Waals surface area contributed by atoms with E-state index in [0.717, 1.165) is 25.5 Å². The van der Waals surface area contributed by atoms with Crippen LogP contribution in [-0.4, -0.2) is 19.2 Å². The zero-order valence-electron chi connectivity index (χ0n) is 10.5. The molecule has 0 spiro atoms. The number of rotatable bonds is 4. The molecule has 1 N–H and O–H groups in total. The van der Waals surface area contributed by atoms with Crippen LogP contribution in [0.25, 0.3) is 0 Å². The highest BCUT2D eigenvalue weighted by molar-refractivity contribution is 5.32. The van der Waals surface area contributed by atoms with E-state index in [-0.39, 0.29) is 6.10 Å². The molecule has 2 atom stereocenters. The third-order valence-corrected chi connectivity index (χ3v) is 3.93. The Bertz CT molecular complexity index is 386. The van der Waals surface area contributed by atoms with Gasteiger partial charge in [0, 0.05) is 6.04 Å². The maximum absolute atomic E-state index is 6.06. The third-order valence-electron chi connectivity index (χ3n) is 3.93. The van der Waals surface area contributed by atoms with Gasteiger partial charge in [-0.2, -0.15) is 0 Å². The minimum absolute atomic E-state index is 0.271. The molecule has 0 amide bonds.